The number of rotatable bonds is 9. The summed E-state index contributed by atoms with van der Waals surface area (Å²) in [5.41, 5.74) is 1.66. The minimum atomic E-state index is -3.90. The van der Waals surface area contributed by atoms with E-state index in [9.17, 15) is 32.4 Å². The van der Waals surface area contributed by atoms with Crippen LogP contribution >= 0.6 is 0 Å². The molecule has 3 N–H and O–H groups in total. The molecule has 2 saturated carbocycles. The Bertz CT molecular complexity index is 1710. The monoisotopic (exact) mass is 725 g/mol. The van der Waals surface area contributed by atoms with Crippen LogP contribution in [-0.4, -0.2) is 96.8 Å². The molecule has 7 rings (SSSR count). The summed E-state index contributed by atoms with van der Waals surface area (Å²) in [6.45, 7) is 6.49. The van der Waals surface area contributed by atoms with Gasteiger partial charge in [-0.2, -0.15) is 0 Å². The van der Waals surface area contributed by atoms with Gasteiger partial charge in [-0.3, -0.25) is 19.1 Å². The summed E-state index contributed by atoms with van der Waals surface area (Å²) in [6, 6.07) is 3.74. The number of allylic oxidation sites excluding steroid dienone is 1. The zero-order chi connectivity index (χ0) is 36.3. The van der Waals surface area contributed by atoms with Gasteiger partial charge in [-0.25, -0.2) is 18.0 Å². The van der Waals surface area contributed by atoms with Crippen molar-refractivity contribution >= 4 is 46.0 Å². The summed E-state index contributed by atoms with van der Waals surface area (Å²) in [5.74, 6) is -2.64. The Kier molecular flexibility index (Phi) is 10.7. The van der Waals surface area contributed by atoms with Crippen LogP contribution in [-0.2, 0) is 46.8 Å². The highest BCUT2D eigenvalue weighted by atomic mass is 32.2. The Morgan fingerprint density at radius 1 is 1.20 bits per heavy atom. The number of benzene rings is 1. The lowest BCUT2D eigenvalue weighted by Crippen LogP contribution is -2.58. The van der Waals surface area contributed by atoms with Crippen molar-refractivity contribution in [3.8, 4) is 0 Å². The minimum Gasteiger partial charge on any atom is -0.450 e. The highest BCUT2D eigenvalue weighted by molar-refractivity contribution is 7.91. The van der Waals surface area contributed by atoms with Gasteiger partial charge in [-0.1, -0.05) is 56.2 Å². The van der Waals surface area contributed by atoms with Crippen LogP contribution in [0, 0.1) is 5.92 Å². The van der Waals surface area contributed by atoms with Gasteiger partial charge in [-0.15, -0.1) is 6.58 Å². The third-order valence-corrected chi connectivity index (χ3v) is 12.2. The van der Waals surface area contributed by atoms with Gasteiger partial charge < -0.3 is 29.9 Å². The number of fused-ring (bicyclic) bond motifs is 10. The molecule has 0 unspecified atom stereocenters. The fourth-order valence-corrected chi connectivity index (χ4v) is 8.55. The van der Waals surface area contributed by atoms with Crippen molar-refractivity contribution in [2.75, 3.05) is 19.7 Å². The zero-order valence-electron chi connectivity index (χ0n) is 28.9. The number of hydrogen-bond donors (Lipinski definition) is 3. The predicted octanol–water partition coefficient (Wildman–Crippen LogP) is 2.91. The SMILES string of the molecule is C=C[C@@H]1C[C@]1(NC(=O)[C@@H]1C[C@@H]2CN1C(=O)[C@H](CCCC)NC(=O)OCCCC=Cc1cccc3c1CCN(C3)C(=O)O2)C(=O)NS(=O)(=O)C1CC1. The molecule has 3 fully saturated rings. The molecule has 276 valence electrons. The average molecular weight is 726 g/mol. The molecule has 15 heteroatoms. The summed E-state index contributed by atoms with van der Waals surface area (Å²) < 4.78 is 38.8. The van der Waals surface area contributed by atoms with Crippen molar-refractivity contribution in [1.82, 2.24) is 25.2 Å². The van der Waals surface area contributed by atoms with Crippen molar-refractivity contribution in [3.63, 3.8) is 0 Å². The number of sulfonamides is 1. The van der Waals surface area contributed by atoms with Crippen molar-refractivity contribution in [1.29, 1.82) is 0 Å². The van der Waals surface area contributed by atoms with E-state index in [0.29, 0.717) is 51.6 Å². The highest BCUT2D eigenvalue weighted by Crippen LogP contribution is 2.45. The van der Waals surface area contributed by atoms with Gasteiger partial charge in [0.05, 0.1) is 18.4 Å². The smallest absolute Gasteiger partial charge is 0.410 e. The van der Waals surface area contributed by atoms with E-state index in [-0.39, 0.29) is 32.4 Å². The lowest BCUT2D eigenvalue weighted by Gasteiger charge is -2.30. The first-order chi connectivity index (χ1) is 24.5. The first-order valence-electron chi connectivity index (χ1n) is 17.9. The van der Waals surface area contributed by atoms with Gasteiger partial charge in [0.2, 0.25) is 21.8 Å². The zero-order valence-corrected chi connectivity index (χ0v) is 29.8. The lowest BCUT2D eigenvalue weighted by molar-refractivity contribution is -0.141. The number of carbonyl (C=O) groups is 5. The summed E-state index contributed by atoms with van der Waals surface area (Å²) in [5, 5.41) is 4.78. The molecule has 6 bridgehead atoms. The predicted molar refractivity (Wildman–Crippen MR) is 186 cm³/mol. The number of carbonyl (C=O) groups excluding carboxylic acids is 5. The second kappa shape index (κ2) is 15.1. The van der Waals surface area contributed by atoms with E-state index in [4.69, 9.17) is 9.47 Å². The van der Waals surface area contributed by atoms with Gasteiger partial charge in [0.15, 0.2) is 0 Å². The third kappa shape index (κ3) is 8.08. The van der Waals surface area contributed by atoms with E-state index >= 15 is 0 Å². The van der Waals surface area contributed by atoms with Crippen LogP contribution in [0.1, 0.15) is 81.4 Å². The molecule has 5 atom stereocenters. The number of nitrogens with zero attached hydrogens (tertiary/aromatic N) is 2. The van der Waals surface area contributed by atoms with Crippen LogP contribution in [0.4, 0.5) is 9.59 Å². The van der Waals surface area contributed by atoms with E-state index in [1.54, 1.807) is 4.90 Å². The van der Waals surface area contributed by atoms with Gasteiger partial charge in [-0.05, 0) is 61.6 Å². The molecular formula is C36H47N5O9S. The number of nitrogens with one attached hydrogen (secondary N) is 3. The fraction of sp³-hybridized carbons (Fsp3) is 0.583. The van der Waals surface area contributed by atoms with Crippen LogP contribution in [0.25, 0.3) is 6.08 Å². The third-order valence-electron chi connectivity index (χ3n) is 10.4. The van der Waals surface area contributed by atoms with E-state index in [2.05, 4.69) is 21.9 Å². The van der Waals surface area contributed by atoms with Crippen molar-refractivity contribution in [3.05, 3.63) is 53.6 Å². The quantitative estimate of drug-likeness (QED) is 0.323. The van der Waals surface area contributed by atoms with Crippen LogP contribution in [0.5, 0.6) is 0 Å². The summed E-state index contributed by atoms with van der Waals surface area (Å²) in [4.78, 5) is 71.0. The van der Waals surface area contributed by atoms with Gasteiger partial charge in [0, 0.05) is 25.4 Å². The second-order valence-corrected chi connectivity index (χ2v) is 16.1. The Morgan fingerprint density at radius 2 is 2.00 bits per heavy atom. The van der Waals surface area contributed by atoms with Crippen LogP contribution in [0.15, 0.2) is 36.9 Å². The molecule has 2 aliphatic carbocycles. The van der Waals surface area contributed by atoms with E-state index in [1.807, 2.05) is 37.3 Å². The maximum absolute atomic E-state index is 14.2. The molecule has 51 heavy (non-hydrogen) atoms. The van der Waals surface area contributed by atoms with E-state index < -0.39 is 74.8 Å². The fourth-order valence-electron chi connectivity index (χ4n) is 7.19. The van der Waals surface area contributed by atoms with E-state index in [0.717, 1.165) is 23.1 Å². The van der Waals surface area contributed by atoms with Crippen molar-refractivity contribution < 1.29 is 41.9 Å². The summed E-state index contributed by atoms with van der Waals surface area (Å²) >= 11 is 0. The topological polar surface area (TPSA) is 181 Å². The van der Waals surface area contributed by atoms with Gasteiger partial charge in [0.1, 0.15) is 23.7 Å². The van der Waals surface area contributed by atoms with Gasteiger partial charge >= 0.3 is 12.2 Å². The Labute approximate surface area is 298 Å². The Morgan fingerprint density at radius 3 is 2.73 bits per heavy atom. The molecule has 14 nitrogen and oxygen atoms in total. The van der Waals surface area contributed by atoms with Crippen LogP contribution in [0.2, 0.25) is 0 Å². The molecule has 1 saturated heterocycles. The summed E-state index contributed by atoms with van der Waals surface area (Å²) in [7, 11) is -3.90. The molecule has 1 aromatic rings. The minimum absolute atomic E-state index is 0.0650. The number of alkyl carbamates (subject to hydrolysis) is 1. The number of amides is 5. The van der Waals surface area contributed by atoms with Crippen molar-refractivity contribution in [2.45, 2.75) is 107 Å². The molecule has 4 heterocycles. The number of unbranched alkanes of at least 4 members (excludes halogenated alkanes) is 1. The summed E-state index contributed by atoms with van der Waals surface area (Å²) in [6.07, 6.45) is 7.80. The maximum atomic E-state index is 14.2. The molecular weight excluding hydrogens is 678 g/mol. The molecule has 5 amide bonds. The Hall–Kier alpha value is -4.40. The largest absolute Gasteiger partial charge is 0.450 e. The molecule has 0 spiro atoms. The first-order valence-corrected chi connectivity index (χ1v) is 19.5. The molecule has 1 aromatic carbocycles. The number of hydrogen-bond acceptors (Lipinski definition) is 9. The average Bonchev–Trinajstić information content (AvgIpc) is 4.04. The normalized spacial score (nSPS) is 28.3. The highest BCUT2D eigenvalue weighted by Gasteiger charge is 2.62. The standard InChI is InChI=1S/C36H47N5O9S/c1-3-5-13-29-32(43)41-22-26(19-30(41)31(42)38-36(20-25(36)4-2)33(44)39-51(47,48)27-14-15-27)50-35(46)40-17-16-28-23(11-9-12-24(28)21-40)10-7-6-8-18-49-34(45)37-29/h4,7,9-12,25-27,29-30H,2-3,5-6,8,13-22H2,1H3,(H,37,45)(H,38,42)(H,39,44)/t25-,26-,29+,30+,36-/m1/s1. The van der Waals surface area contributed by atoms with Crippen LogP contribution < -0.4 is 15.4 Å². The second-order valence-electron chi connectivity index (χ2n) is 14.1. The molecule has 6 aliphatic rings. The first kappa shape index (κ1) is 36.4. The molecule has 0 aromatic heterocycles. The van der Waals surface area contributed by atoms with E-state index in [1.165, 1.54) is 11.0 Å². The van der Waals surface area contributed by atoms with Crippen LogP contribution in [0.3, 0.4) is 0 Å². The Balaban J connectivity index is 1.26. The number of ether oxygens (including phenoxy) is 2. The van der Waals surface area contributed by atoms with Crippen molar-refractivity contribution in [2.24, 2.45) is 5.92 Å². The maximum Gasteiger partial charge on any atom is 0.410 e. The molecule has 4 aliphatic heterocycles. The van der Waals surface area contributed by atoms with Gasteiger partial charge in [0.25, 0.3) is 5.91 Å². The lowest BCUT2D eigenvalue weighted by atomic mass is 9.94. The molecule has 0 radical (unpaired) electrons.